The third-order valence-corrected chi connectivity index (χ3v) is 4.50. The standard InChI is InChI=1S/C20H22Br2N2O3/c1-13(25)23-17-3-5-19(15(11-17)7-9-21)27-20-6-4-18(24-14(2)26)12-16(20)8-10-22/h3-6,11-12H,7-10H2,1-2H3,(H,23,25)(H,24,26). The fraction of sp³-hybridized carbons (Fsp3) is 0.300. The summed E-state index contributed by atoms with van der Waals surface area (Å²) in [6.07, 6.45) is 1.53. The Hall–Kier alpha value is -1.86. The second-order valence-electron chi connectivity index (χ2n) is 5.99. The van der Waals surface area contributed by atoms with E-state index in [0.717, 1.165) is 57.5 Å². The van der Waals surface area contributed by atoms with Gasteiger partial charge in [-0.2, -0.15) is 0 Å². The highest BCUT2D eigenvalue weighted by Gasteiger charge is 2.11. The van der Waals surface area contributed by atoms with E-state index in [-0.39, 0.29) is 11.8 Å². The Kier molecular flexibility index (Phi) is 8.31. The van der Waals surface area contributed by atoms with Gasteiger partial charge in [0.1, 0.15) is 11.5 Å². The van der Waals surface area contributed by atoms with Gasteiger partial charge >= 0.3 is 0 Å². The first-order valence-corrected chi connectivity index (χ1v) is 10.8. The number of halogens is 2. The fourth-order valence-electron chi connectivity index (χ4n) is 2.63. The molecule has 144 valence electrons. The highest BCUT2D eigenvalue weighted by Crippen LogP contribution is 2.32. The molecule has 2 aromatic carbocycles. The largest absolute Gasteiger partial charge is 0.457 e. The molecule has 0 aromatic heterocycles. The van der Waals surface area contributed by atoms with E-state index in [1.165, 1.54) is 13.8 Å². The van der Waals surface area contributed by atoms with E-state index >= 15 is 0 Å². The van der Waals surface area contributed by atoms with Crippen LogP contribution in [0.3, 0.4) is 0 Å². The third kappa shape index (κ3) is 6.66. The smallest absolute Gasteiger partial charge is 0.221 e. The molecule has 0 aliphatic heterocycles. The summed E-state index contributed by atoms with van der Waals surface area (Å²) in [5, 5.41) is 7.15. The lowest BCUT2D eigenvalue weighted by atomic mass is 10.1. The minimum Gasteiger partial charge on any atom is -0.457 e. The van der Waals surface area contributed by atoms with Gasteiger partial charge < -0.3 is 15.4 Å². The van der Waals surface area contributed by atoms with Crippen LogP contribution in [-0.4, -0.2) is 22.5 Å². The van der Waals surface area contributed by atoms with Crippen LogP contribution in [0.5, 0.6) is 11.5 Å². The van der Waals surface area contributed by atoms with Crippen molar-refractivity contribution in [2.75, 3.05) is 21.3 Å². The van der Waals surface area contributed by atoms with Crippen molar-refractivity contribution in [1.29, 1.82) is 0 Å². The van der Waals surface area contributed by atoms with Gasteiger partial charge in [0.2, 0.25) is 11.8 Å². The molecule has 2 rings (SSSR count). The molecule has 0 heterocycles. The summed E-state index contributed by atoms with van der Waals surface area (Å²) in [5.41, 5.74) is 3.47. The average Bonchev–Trinajstić information content (AvgIpc) is 2.58. The molecule has 0 fully saturated rings. The SMILES string of the molecule is CC(=O)Nc1ccc(Oc2ccc(NC(C)=O)cc2CCBr)c(CCBr)c1. The summed E-state index contributed by atoms with van der Waals surface area (Å²) in [7, 11) is 0. The summed E-state index contributed by atoms with van der Waals surface area (Å²) in [6.45, 7) is 2.97. The van der Waals surface area contributed by atoms with Crippen molar-refractivity contribution in [2.24, 2.45) is 0 Å². The zero-order valence-electron chi connectivity index (χ0n) is 15.3. The quantitative estimate of drug-likeness (QED) is 0.488. The zero-order valence-corrected chi connectivity index (χ0v) is 18.4. The highest BCUT2D eigenvalue weighted by molar-refractivity contribution is 9.09. The number of benzene rings is 2. The molecular formula is C20H22Br2N2O3. The summed E-state index contributed by atoms with van der Waals surface area (Å²) < 4.78 is 6.20. The Bertz CT molecular complexity index is 757. The normalized spacial score (nSPS) is 10.4. The van der Waals surface area contributed by atoms with Crippen LogP contribution in [0.4, 0.5) is 11.4 Å². The number of amides is 2. The molecule has 2 aromatic rings. The molecule has 27 heavy (non-hydrogen) atoms. The van der Waals surface area contributed by atoms with Crippen LogP contribution in [-0.2, 0) is 22.4 Å². The van der Waals surface area contributed by atoms with Crippen LogP contribution in [0.15, 0.2) is 36.4 Å². The van der Waals surface area contributed by atoms with Crippen LogP contribution in [0.1, 0.15) is 25.0 Å². The summed E-state index contributed by atoms with van der Waals surface area (Å²) in [4.78, 5) is 22.6. The number of aryl methyl sites for hydroxylation is 2. The average molecular weight is 498 g/mol. The van der Waals surface area contributed by atoms with Crippen LogP contribution in [0.2, 0.25) is 0 Å². The molecule has 0 aliphatic rings. The number of hydrogen-bond donors (Lipinski definition) is 2. The van der Waals surface area contributed by atoms with Gasteiger partial charge in [-0.25, -0.2) is 0 Å². The minimum atomic E-state index is -0.110. The number of carbonyl (C=O) groups excluding carboxylic acids is 2. The number of ether oxygens (including phenoxy) is 1. The first-order valence-electron chi connectivity index (χ1n) is 8.53. The molecule has 0 aliphatic carbocycles. The number of hydrogen-bond acceptors (Lipinski definition) is 3. The molecule has 0 saturated heterocycles. The number of nitrogens with one attached hydrogen (secondary N) is 2. The van der Waals surface area contributed by atoms with Crippen molar-refractivity contribution >= 4 is 55.0 Å². The van der Waals surface area contributed by atoms with Crippen LogP contribution < -0.4 is 15.4 Å². The molecular weight excluding hydrogens is 476 g/mol. The van der Waals surface area contributed by atoms with Crippen molar-refractivity contribution in [1.82, 2.24) is 0 Å². The Labute approximate surface area is 176 Å². The lowest BCUT2D eigenvalue weighted by Crippen LogP contribution is -2.07. The van der Waals surface area contributed by atoms with Crippen molar-refractivity contribution in [3.63, 3.8) is 0 Å². The predicted octanol–water partition coefficient (Wildman–Crippen LogP) is 5.27. The minimum absolute atomic E-state index is 0.110. The first kappa shape index (κ1) is 21.4. The molecule has 7 heteroatoms. The van der Waals surface area contributed by atoms with E-state index in [1.807, 2.05) is 36.4 Å². The summed E-state index contributed by atoms with van der Waals surface area (Å²) in [5.74, 6) is 1.27. The fourth-order valence-corrected chi connectivity index (χ4v) is 3.49. The highest BCUT2D eigenvalue weighted by atomic mass is 79.9. The third-order valence-electron chi connectivity index (χ3n) is 3.71. The van der Waals surface area contributed by atoms with E-state index in [4.69, 9.17) is 4.74 Å². The number of anilines is 2. The maximum absolute atomic E-state index is 11.3. The second kappa shape index (κ2) is 10.5. The molecule has 0 bridgehead atoms. The van der Waals surface area contributed by atoms with Gasteiger partial charge in [0.15, 0.2) is 0 Å². The van der Waals surface area contributed by atoms with Crippen LogP contribution in [0.25, 0.3) is 0 Å². The molecule has 2 N–H and O–H groups in total. The number of carbonyl (C=O) groups is 2. The molecule has 0 spiro atoms. The lowest BCUT2D eigenvalue weighted by Gasteiger charge is -2.16. The van der Waals surface area contributed by atoms with Crippen LogP contribution >= 0.6 is 31.9 Å². The summed E-state index contributed by atoms with van der Waals surface area (Å²) >= 11 is 6.93. The molecule has 5 nitrogen and oxygen atoms in total. The van der Waals surface area contributed by atoms with Crippen molar-refractivity contribution in [3.05, 3.63) is 47.5 Å². The Morgan fingerprint density at radius 2 is 1.22 bits per heavy atom. The molecule has 0 saturated carbocycles. The van der Waals surface area contributed by atoms with E-state index in [9.17, 15) is 9.59 Å². The van der Waals surface area contributed by atoms with E-state index < -0.39 is 0 Å². The Morgan fingerprint density at radius 3 is 1.56 bits per heavy atom. The molecule has 0 atom stereocenters. The topological polar surface area (TPSA) is 67.4 Å². The molecule has 2 amide bonds. The first-order chi connectivity index (χ1) is 12.9. The maximum atomic E-state index is 11.3. The van der Waals surface area contributed by atoms with Crippen molar-refractivity contribution in [3.8, 4) is 11.5 Å². The van der Waals surface area contributed by atoms with Gasteiger partial charge in [0.25, 0.3) is 0 Å². The van der Waals surface area contributed by atoms with E-state index in [1.54, 1.807) is 0 Å². The van der Waals surface area contributed by atoms with Gasteiger partial charge in [0, 0.05) is 35.9 Å². The Balaban J connectivity index is 2.33. The van der Waals surface area contributed by atoms with Gasteiger partial charge in [-0.05, 0) is 60.4 Å². The van der Waals surface area contributed by atoms with Crippen molar-refractivity contribution in [2.45, 2.75) is 26.7 Å². The number of rotatable bonds is 8. The van der Waals surface area contributed by atoms with Gasteiger partial charge in [-0.3, -0.25) is 9.59 Å². The molecule has 0 radical (unpaired) electrons. The van der Waals surface area contributed by atoms with Gasteiger partial charge in [-0.15, -0.1) is 0 Å². The second-order valence-corrected chi connectivity index (χ2v) is 7.57. The van der Waals surface area contributed by atoms with E-state index in [0.29, 0.717) is 0 Å². The zero-order chi connectivity index (χ0) is 19.8. The molecule has 0 unspecified atom stereocenters. The predicted molar refractivity (Wildman–Crippen MR) is 117 cm³/mol. The summed E-state index contributed by atoms with van der Waals surface area (Å²) in [6, 6.07) is 11.2. The van der Waals surface area contributed by atoms with Gasteiger partial charge in [-0.1, -0.05) is 31.9 Å². The maximum Gasteiger partial charge on any atom is 0.221 e. The van der Waals surface area contributed by atoms with Crippen LogP contribution in [0, 0.1) is 0 Å². The monoisotopic (exact) mass is 496 g/mol. The Morgan fingerprint density at radius 1 is 0.815 bits per heavy atom. The van der Waals surface area contributed by atoms with E-state index in [2.05, 4.69) is 42.5 Å². The van der Waals surface area contributed by atoms with Gasteiger partial charge in [0.05, 0.1) is 0 Å². The number of alkyl halides is 2. The lowest BCUT2D eigenvalue weighted by molar-refractivity contribution is -0.115. The van der Waals surface area contributed by atoms with Crippen molar-refractivity contribution < 1.29 is 14.3 Å².